The zero-order valence-corrected chi connectivity index (χ0v) is 15.9. The third-order valence-electron chi connectivity index (χ3n) is 5.37. The van der Waals surface area contributed by atoms with E-state index >= 15 is 0 Å². The Morgan fingerprint density at radius 1 is 1.15 bits per heavy atom. The molecule has 1 N–H and O–H groups in total. The molecule has 0 unspecified atom stereocenters. The molecule has 1 fully saturated rings. The second kappa shape index (κ2) is 7.98. The number of hydrogen-bond acceptors (Lipinski definition) is 3. The number of rotatable bonds is 3. The molecule has 2 aromatic rings. The molecule has 0 radical (unpaired) electrons. The summed E-state index contributed by atoms with van der Waals surface area (Å²) in [5.74, 6) is 1.93. The van der Waals surface area contributed by atoms with E-state index in [1.165, 1.54) is 24.7 Å². The van der Waals surface area contributed by atoms with Crippen LogP contribution in [0.3, 0.4) is 0 Å². The summed E-state index contributed by atoms with van der Waals surface area (Å²) in [4.78, 5) is 13.5. The minimum Gasteiger partial charge on any atom is -0.366 e. The lowest BCUT2D eigenvalue weighted by Gasteiger charge is -2.37. The number of piperazine rings is 1. The third-order valence-corrected chi connectivity index (χ3v) is 5.37. The predicted molar refractivity (Wildman–Crippen MR) is 106 cm³/mol. The van der Waals surface area contributed by atoms with Gasteiger partial charge in [0.15, 0.2) is 5.96 Å². The average Bonchev–Trinajstić information content (AvgIpc) is 3.12. The van der Waals surface area contributed by atoms with Gasteiger partial charge in [-0.2, -0.15) is 0 Å². The van der Waals surface area contributed by atoms with E-state index in [0.29, 0.717) is 12.2 Å². The van der Waals surface area contributed by atoms with Crippen LogP contribution >= 0.6 is 0 Å². The monoisotopic (exact) mass is 370 g/mol. The highest BCUT2D eigenvalue weighted by Gasteiger charge is 2.21. The molecule has 2 aliphatic heterocycles. The van der Waals surface area contributed by atoms with Crippen LogP contribution in [0.25, 0.3) is 0 Å². The van der Waals surface area contributed by atoms with Crippen LogP contribution in [0.2, 0.25) is 0 Å². The van der Waals surface area contributed by atoms with Gasteiger partial charge in [-0.1, -0.05) is 12.1 Å². The highest BCUT2D eigenvalue weighted by Crippen LogP contribution is 2.20. The summed E-state index contributed by atoms with van der Waals surface area (Å²) in [5.41, 5.74) is 1.75. The van der Waals surface area contributed by atoms with Gasteiger partial charge in [0.2, 0.25) is 0 Å². The molecule has 0 aliphatic carbocycles. The summed E-state index contributed by atoms with van der Waals surface area (Å²) >= 11 is 0. The van der Waals surface area contributed by atoms with Gasteiger partial charge in [-0.3, -0.25) is 4.99 Å². The van der Waals surface area contributed by atoms with E-state index in [4.69, 9.17) is 4.98 Å². The first-order valence-electron chi connectivity index (χ1n) is 9.74. The fourth-order valence-electron chi connectivity index (χ4n) is 3.93. The lowest BCUT2D eigenvalue weighted by Crippen LogP contribution is -2.52. The van der Waals surface area contributed by atoms with Gasteiger partial charge in [-0.15, -0.1) is 0 Å². The number of benzene rings is 1. The van der Waals surface area contributed by atoms with Crippen molar-refractivity contribution in [3.05, 3.63) is 47.8 Å². The molecule has 0 amide bonds. The Labute approximate surface area is 159 Å². The lowest BCUT2D eigenvalue weighted by molar-refractivity contribution is 0.370. The van der Waals surface area contributed by atoms with E-state index in [2.05, 4.69) is 30.9 Å². The number of aliphatic imine (C=N–C) groups is 1. The van der Waals surface area contributed by atoms with Crippen molar-refractivity contribution in [2.45, 2.75) is 32.4 Å². The zero-order chi connectivity index (χ0) is 18.6. The number of halogens is 1. The Morgan fingerprint density at radius 3 is 2.70 bits per heavy atom. The summed E-state index contributed by atoms with van der Waals surface area (Å²) in [5, 5.41) is 3.44. The van der Waals surface area contributed by atoms with Crippen LogP contribution in [-0.2, 0) is 19.5 Å². The minimum atomic E-state index is -0.155. The van der Waals surface area contributed by atoms with Crippen molar-refractivity contribution in [3.8, 4) is 0 Å². The summed E-state index contributed by atoms with van der Waals surface area (Å²) in [6, 6.07) is 6.98. The summed E-state index contributed by atoms with van der Waals surface area (Å²) in [7, 11) is 1.81. The second-order valence-corrected chi connectivity index (χ2v) is 7.13. The highest BCUT2D eigenvalue weighted by molar-refractivity contribution is 5.80. The number of aromatic nitrogens is 2. The molecular formula is C20H27FN6. The van der Waals surface area contributed by atoms with Crippen molar-refractivity contribution in [2.75, 3.05) is 38.1 Å². The van der Waals surface area contributed by atoms with Gasteiger partial charge < -0.3 is 19.7 Å². The molecule has 1 saturated heterocycles. The molecule has 4 rings (SSSR count). The maximum absolute atomic E-state index is 14.0. The Bertz CT molecular complexity index is 783. The number of para-hydroxylation sites is 1. The Hall–Kier alpha value is -2.57. The van der Waals surface area contributed by atoms with Crippen molar-refractivity contribution in [3.63, 3.8) is 0 Å². The topological polar surface area (TPSA) is 48.7 Å². The fraction of sp³-hybridized carbons (Fsp3) is 0.500. The number of guanidine groups is 1. The standard InChI is InChI=1S/C20H27FN6/c1-22-20(23-14-16-15-27-9-5-4-8-19(27)24-16)26-12-10-25(11-13-26)18-7-3-2-6-17(18)21/h2-3,6-7,15H,4-5,8-14H2,1H3,(H,22,23). The minimum absolute atomic E-state index is 0.155. The molecule has 0 spiro atoms. The van der Waals surface area contributed by atoms with Crippen molar-refractivity contribution in [2.24, 2.45) is 4.99 Å². The number of nitrogens with one attached hydrogen (secondary N) is 1. The van der Waals surface area contributed by atoms with Gasteiger partial charge in [0.05, 0.1) is 17.9 Å². The molecule has 0 atom stereocenters. The molecule has 0 bridgehead atoms. The number of aryl methyl sites for hydroxylation is 2. The van der Waals surface area contributed by atoms with Crippen LogP contribution < -0.4 is 10.2 Å². The van der Waals surface area contributed by atoms with Crippen LogP contribution in [0.4, 0.5) is 10.1 Å². The van der Waals surface area contributed by atoms with E-state index in [9.17, 15) is 4.39 Å². The number of nitrogens with zero attached hydrogens (tertiary/aromatic N) is 5. The highest BCUT2D eigenvalue weighted by atomic mass is 19.1. The molecule has 6 nitrogen and oxygen atoms in total. The van der Waals surface area contributed by atoms with Crippen LogP contribution in [0.1, 0.15) is 24.4 Å². The van der Waals surface area contributed by atoms with Crippen molar-refractivity contribution < 1.29 is 4.39 Å². The summed E-state index contributed by atoms with van der Waals surface area (Å²) in [6.07, 6.45) is 5.71. The molecule has 1 aromatic heterocycles. The molecule has 27 heavy (non-hydrogen) atoms. The smallest absolute Gasteiger partial charge is 0.194 e. The van der Waals surface area contributed by atoms with Crippen LogP contribution in [0.15, 0.2) is 35.5 Å². The Kier molecular flexibility index (Phi) is 5.27. The normalized spacial score (nSPS) is 17.8. The van der Waals surface area contributed by atoms with Gasteiger partial charge in [0.25, 0.3) is 0 Å². The molecule has 3 heterocycles. The molecule has 7 heteroatoms. The fourth-order valence-corrected chi connectivity index (χ4v) is 3.93. The number of anilines is 1. The van der Waals surface area contributed by atoms with Gasteiger partial charge >= 0.3 is 0 Å². The molecular weight excluding hydrogens is 343 g/mol. The zero-order valence-electron chi connectivity index (χ0n) is 15.9. The molecule has 2 aliphatic rings. The van der Waals surface area contributed by atoms with E-state index in [1.807, 2.05) is 19.2 Å². The molecule has 1 aromatic carbocycles. The van der Waals surface area contributed by atoms with E-state index in [0.717, 1.165) is 50.8 Å². The first-order valence-corrected chi connectivity index (χ1v) is 9.74. The molecule has 0 saturated carbocycles. The maximum atomic E-state index is 14.0. The quantitative estimate of drug-likeness (QED) is 0.665. The lowest BCUT2D eigenvalue weighted by atomic mass is 10.2. The number of hydrogen-bond donors (Lipinski definition) is 1. The van der Waals surface area contributed by atoms with Crippen LogP contribution in [0, 0.1) is 5.82 Å². The average molecular weight is 370 g/mol. The number of fused-ring (bicyclic) bond motifs is 1. The predicted octanol–water partition coefficient (Wildman–Crippen LogP) is 2.26. The Balaban J connectivity index is 1.33. The van der Waals surface area contributed by atoms with E-state index in [1.54, 1.807) is 6.07 Å². The third kappa shape index (κ3) is 3.91. The van der Waals surface area contributed by atoms with Crippen LogP contribution in [-0.4, -0.2) is 53.6 Å². The Morgan fingerprint density at radius 2 is 1.96 bits per heavy atom. The van der Waals surface area contributed by atoms with Crippen molar-refractivity contribution in [1.29, 1.82) is 0 Å². The summed E-state index contributed by atoms with van der Waals surface area (Å²) in [6.45, 7) is 4.94. The largest absolute Gasteiger partial charge is 0.366 e. The van der Waals surface area contributed by atoms with Gasteiger partial charge in [-0.25, -0.2) is 9.37 Å². The SMILES string of the molecule is CN=C(NCc1cn2c(n1)CCCC2)N1CCN(c2ccccc2F)CC1. The first-order chi connectivity index (χ1) is 13.2. The van der Waals surface area contributed by atoms with Gasteiger partial charge in [-0.05, 0) is 25.0 Å². The maximum Gasteiger partial charge on any atom is 0.194 e. The molecule has 144 valence electrons. The van der Waals surface area contributed by atoms with Gasteiger partial charge in [0, 0.05) is 52.4 Å². The number of imidazole rings is 1. The summed E-state index contributed by atoms with van der Waals surface area (Å²) < 4.78 is 16.3. The second-order valence-electron chi connectivity index (χ2n) is 7.13. The van der Waals surface area contributed by atoms with Crippen molar-refractivity contribution >= 4 is 11.6 Å². The van der Waals surface area contributed by atoms with Crippen molar-refractivity contribution in [1.82, 2.24) is 19.8 Å². The van der Waals surface area contributed by atoms with Crippen LogP contribution in [0.5, 0.6) is 0 Å². The van der Waals surface area contributed by atoms with Gasteiger partial charge in [0.1, 0.15) is 11.6 Å². The van der Waals surface area contributed by atoms with E-state index in [-0.39, 0.29) is 5.82 Å². The van der Waals surface area contributed by atoms with E-state index < -0.39 is 0 Å². The first kappa shape index (κ1) is 17.8.